The second-order valence-corrected chi connectivity index (χ2v) is 13.5. The fraction of sp³-hybridized carbons (Fsp3) is 0.424. The van der Waals surface area contributed by atoms with Crippen molar-refractivity contribution in [2.24, 2.45) is 5.41 Å². The summed E-state index contributed by atoms with van der Waals surface area (Å²) < 4.78 is 42.3. The third kappa shape index (κ3) is 9.18. The maximum Gasteiger partial charge on any atom is 0.251 e. The van der Waals surface area contributed by atoms with Gasteiger partial charge in [0, 0.05) is 36.2 Å². The van der Waals surface area contributed by atoms with E-state index in [1.54, 1.807) is 24.3 Å². The molecule has 0 aliphatic heterocycles. The Balaban J connectivity index is 1.52. The maximum atomic E-state index is 14.0. The summed E-state index contributed by atoms with van der Waals surface area (Å²) in [5, 5.41) is 17.7. The van der Waals surface area contributed by atoms with Crippen molar-refractivity contribution >= 4 is 22.6 Å². The Labute approximate surface area is 249 Å². The highest BCUT2D eigenvalue weighted by atomic mass is 32.2. The predicted molar refractivity (Wildman–Crippen MR) is 165 cm³/mol. The van der Waals surface area contributed by atoms with Crippen LogP contribution in [0.5, 0.6) is 0 Å². The minimum Gasteiger partial charge on any atom is -0.390 e. The summed E-state index contributed by atoms with van der Waals surface area (Å²) in [4.78, 5) is 13.2. The van der Waals surface area contributed by atoms with E-state index >= 15 is 0 Å². The minimum atomic E-state index is -1.32. The van der Waals surface area contributed by atoms with Crippen molar-refractivity contribution in [3.63, 3.8) is 0 Å². The molecule has 4 atom stereocenters. The van der Waals surface area contributed by atoms with Gasteiger partial charge in [0.1, 0.15) is 22.6 Å². The number of hydrogen-bond donors (Lipinski definition) is 4. The number of amides is 1. The number of halogens is 2. The Morgan fingerprint density at radius 3 is 2.48 bits per heavy atom. The Morgan fingerprint density at radius 2 is 1.79 bits per heavy atom. The highest BCUT2D eigenvalue weighted by Gasteiger charge is 2.27. The van der Waals surface area contributed by atoms with E-state index in [4.69, 9.17) is 0 Å². The molecular formula is C33H41F2N3O3S. The average molecular weight is 598 g/mol. The Hall–Kier alpha value is -3.14. The summed E-state index contributed by atoms with van der Waals surface area (Å²) in [5.74, 6) is -1.91. The lowest BCUT2D eigenvalue weighted by atomic mass is 9.82. The Kier molecular flexibility index (Phi) is 10.5. The lowest BCUT2D eigenvalue weighted by Gasteiger charge is -2.31. The van der Waals surface area contributed by atoms with Crippen LogP contribution in [-0.4, -0.2) is 40.2 Å². The smallest absolute Gasteiger partial charge is 0.251 e. The van der Waals surface area contributed by atoms with Gasteiger partial charge in [-0.05, 0) is 90.1 Å². The van der Waals surface area contributed by atoms with Gasteiger partial charge in [-0.25, -0.2) is 13.0 Å². The molecule has 3 aromatic carbocycles. The molecule has 0 heterocycles. The maximum absolute atomic E-state index is 14.0. The zero-order valence-corrected chi connectivity index (χ0v) is 25.5. The topological polar surface area (TPSA) is 90.5 Å². The second-order valence-electron chi connectivity index (χ2n) is 12.4. The molecule has 9 heteroatoms. The standard InChI is InChI=1S/C33H41F2N3O3S/c1-33(2,3)19-21-11-12-23-7-6-10-29(28(23)15-21)36-20-31(39)30(16-22-13-25(34)18-26(35)14-22)37-32(40)24-8-5-9-27(17-24)38-42(4)41/h5,8-9,11-15,17-18,29-31,36,38-39H,6-7,10,16,19-20H2,1-4H3,(H,37,40). The summed E-state index contributed by atoms with van der Waals surface area (Å²) >= 11 is 0. The van der Waals surface area contributed by atoms with Crippen LogP contribution in [0.15, 0.2) is 60.7 Å². The fourth-order valence-corrected chi connectivity index (χ4v) is 6.05. The molecule has 4 N–H and O–H groups in total. The molecule has 1 amide bonds. The molecule has 3 aromatic rings. The van der Waals surface area contributed by atoms with Crippen molar-refractivity contribution in [3.05, 3.63) is 100 Å². The van der Waals surface area contributed by atoms with Gasteiger partial charge in [0.25, 0.3) is 5.91 Å². The first-order valence-electron chi connectivity index (χ1n) is 14.4. The number of nitrogens with one attached hydrogen (secondary N) is 3. The first-order chi connectivity index (χ1) is 19.9. The number of rotatable bonds is 11. The molecule has 4 unspecified atom stereocenters. The number of benzene rings is 3. The van der Waals surface area contributed by atoms with Gasteiger partial charge in [0.15, 0.2) is 0 Å². The van der Waals surface area contributed by atoms with Gasteiger partial charge >= 0.3 is 0 Å². The van der Waals surface area contributed by atoms with Crippen LogP contribution in [0.2, 0.25) is 0 Å². The van der Waals surface area contributed by atoms with Crippen LogP contribution < -0.4 is 15.4 Å². The largest absolute Gasteiger partial charge is 0.390 e. The number of aliphatic hydroxyl groups is 1. The molecule has 42 heavy (non-hydrogen) atoms. The third-order valence-corrected chi connectivity index (χ3v) is 7.90. The van der Waals surface area contributed by atoms with E-state index in [9.17, 15) is 22.9 Å². The molecular weight excluding hydrogens is 556 g/mol. The number of carbonyl (C=O) groups is 1. The first kappa shape index (κ1) is 31.8. The van der Waals surface area contributed by atoms with Crippen LogP contribution in [0.1, 0.15) is 72.3 Å². The van der Waals surface area contributed by atoms with E-state index in [0.717, 1.165) is 31.7 Å². The normalized spacial score (nSPS) is 17.2. The van der Waals surface area contributed by atoms with Crippen LogP contribution in [0.25, 0.3) is 0 Å². The number of aliphatic hydroxyl groups excluding tert-OH is 1. The van der Waals surface area contributed by atoms with Gasteiger partial charge in [-0.2, -0.15) is 0 Å². The van der Waals surface area contributed by atoms with Crippen LogP contribution in [0, 0.1) is 17.0 Å². The number of hydrogen-bond acceptors (Lipinski definition) is 4. The van der Waals surface area contributed by atoms with Crippen LogP contribution in [0.3, 0.4) is 0 Å². The summed E-state index contributed by atoms with van der Waals surface area (Å²) in [5.41, 5.74) is 5.10. The summed E-state index contributed by atoms with van der Waals surface area (Å²) in [6, 6.07) is 15.6. The van der Waals surface area contributed by atoms with E-state index in [2.05, 4.69) is 54.3 Å². The zero-order valence-electron chi connectivity index (χ0n) is 24.7. The molecule has 0 saturated carbocycles. The second kappa shape index (κ2) is 13.9. The molecule has 226 valence electrons. The van der Waals surface area contributed by atoms with Crippen LogP contribution in [-0.2, 0) is 30.2 Å². The molecule has 1 aliphatic carbocycles. The van der Waals surface area contributed by atoms with Crippen LogP contribution >= 0.6 is 0 Å². The molecule has 0 aromatic heterocycles. The van der Waals surface area contributed by atoms with Crippen LogP contribution in [0.4, 0.5) is 14.5 Å². The molecule has 0 spiro atoms. The number of carbonyl (C=O) groups excluding carboxylic acids is 1. The van der Waals surface area contributed by atoms with E-state index in [-0.39, 0.29) is 24.4 Å². The van der Waals surface area contributed by atoms with Gasteiger partial charge in [-0.1, -0.05) is 45.0 Å². The first-order valence-corrected chi connectivity index (χ1v) is 15.9. The monoisotopic (exact) mass is 597 g/mol. The van der Waals surface area contributed by atoms with Crippen molar-refractivity contribution in [1.29, 1.82) is 0 Å². The highest BCUT2D eigenvalue weighted by molar-refractivity contribution is 7.85. The quantitative estimate of drug-likeness (QED) is 0.231. The molecule has 0 radical (unpaired) electrons. The Bertz CT molecular complexity index is 1410. The number of fused-ring (bicyclic) bond motifs is 1. The third-order valence-electron chi connectivity index (χ3n) is 7.38. The zero-order chi connectivity index (χ0) is 30.4. The van der Waals surface area contributed by atoms with Gasteiger partial charge < -0.3 is 20.5 Å². The molecule has 1 aliphatic rings. The van der Waals surface area contributed by atoms with Crippen molar-refractivity contribution in [2.75, 3.05) is 17.5 Å². The van der Waals surface area contributed by atoms with Gasteiger partial charge in [0.05, 0.1) is 12.1 Å². The molecule has 0 fully saturated rings. The Morgan fingerprint density at radius 1 is 1.05 bits per heavy atom. The van der Waals surface area contributed by atoms with Crippen molar-refractivity contribution in [3.8, 4) is 0 Å². The van der Waals surface area contributed by atoms with Gasteiger partial charge in [-0.15, -0.1) is 0 Å². The van der Waals surface area contributed by atoms with Crippen molar-refractivity contribution < 1.29 is 22.9 Å². The van der Waals surface area contributed by atoms with E-state index in [1.807, 2.05) is 0 Å². The summed E-state index contributed by atoms with van der Waals surface area (Å²) in [6.45, 7) is 6.82. The van der Waals surface area contributed by atoms with Gasteiger partial charge in [-0.3, -0.25) is 4.79 Å². The number of aryl methyl sites for hydroxylation is 1. The molecule has 6 nitrogen and oxygen atoms in total. The minimum absolute atomic E-state index is 0.0250. The van der Waals surface area contributed by atoms with E-state index in [0.29, 0.717) is 16.8 Å². The molecule has 4 rings (SSSR count). The fourth-order valence-electron chi connectivity index (χ4n) is 5.60. The summed E-state index contributed by atoms with van der Waals surface area (Å²) in [7, 11) is -1.32. The molecule has 0 bridgehead atoms. The van der Waals surface area contributed by atoms with Crippen molar-refractivity contribution in [1.82, 2.24) is 10.6 Å². The lowest BCUT2D eigenvalue weighted by Crippen LogP contribution is -2.49. The highest BCUT2D eigenvalue weighted by Crippen LogP contribution is 2.32. The SMILES string of the molecule is CS(=O)Nc1cccc(C(=O)NC(Cc2cc(F)cc(F)c2)C(O)CNC2CCCc3ccc(CC(C)(C)C)cc32)c1. The summed E-state index contributed by atoms with van der Waals surface area (Å²) in [6.07, 6.45) is 4.37. The van der Waals surface area contributed by atoms with E-state index in [1.165, 1.54) is 35.1 Å². The lowest BCUT2D eigenvalue weighted by molar-refractivity contribution is 0.0823. The average Bonchev–Trinajstić information content (AvgIpc) is 2.89. The van der Waals surface area contributed by atoms with E-state index < -0.39 is 40.7 Å². The molecule has 0 saturated heterocycles. The van der Waals surface area contributed by atoms with Crippen molar-refractivity contribution in [2.45, 2.75) is 71.1 Å². The number of anilines is 1. The predicted octanol–water partition coefficient (Wildman–Crippen LogP) is 5.63. The van der Waals surface area contributed by atoms with Gasteiger partial charge in [0.2, 0.25) is 0 Å².